The molecule has 0 fully saturated rings. The minimum absolute atomic E-state index is 0.292. The molecule has 15 heavy (non-hydrogen) atoms. The molecule has 4 heteroatoms. The molecular formula is C11H11N3O. The lowest BCUT2D eigenvalue weighted by molar-refractivity contribution is 0.565. The zero-order chi connectivity index (χ0) is 11.1. The van der Waals surface area contributed by atoms with Crippen molar-refractivity contribution >= 4 is 17.6 Å². The molecule has 0 saturated heterocycles. The van der Waals surface area contributed by atoms with Crippen molar-refractivity contribution in [2.75, 3.05) is 0 Å². The average Bonchev–Trinajstić information content (AvgIpc) is 2.27. The molecule has 0 aliphatic rings. The zero-order valence-electron chi connectivity index (χ0n) is 8.64. The Morgan fingerprint density at radius 3 is 2.40 bits per heavy atom. The van der Waals surface area contributed by atoms with E-state index in [1.165, 1.54) is 6.08 Å². The molecule has 0 spiro atoms. The van der Waals surface area contributed by atoms with Crippen LogP contribution in [0.5, 0.6) is 0 Å². The number of rotatable bonds is 2. The number of hydrogen-bond donors (Lipinski definition) is 0. The van der Waals surface area contributed by atoms with Gasteiger partial charge in [0, 0.05) is 0 Å². The minimum atomic E-state index is 0.292. The summed E-state index contributed by atoms with van der Waals surface area (Å²) in [6.07, 6.45) is 1.41. The smallest absolute Gasteiger partial charge is 0.211 e. The first-order chi connectivity index (χ1) is 7.24. The predicted octanol–water partition coefficient (Wildman–Crippen LogP) is 2.16. The lowest BCUT2D eigenvalue weighted by atomic mass is 10.1. The first-order valence-electron chi connectivity index (χ1n) is 4.46. The lowest BCUT2D eigenvalue weighted by Gasteiger charge is -1.96. The highest BCUT2D eigenvalue weighted by Gasteiger charge is 1.94. The number of hydrogen-bond acceptors (Lipinski definition) is 3. The maximum absolute atomic E-state index is 9.91. The van der Waals surface area contributed by atoms with E-state index in [4.69, 9.17) is 0 Å². The minimum Gasteiger partial charge on any atom is -0.211 e. The molecule has 0 aliphatic heterocycles. The van der Waals surface area contributed by atoms with E-state index < -0.39 is 0 Å². The lowest BCUT2D eigenvalue weighted by Crippen LogP contribution is -1.93. The van der Waals surface area contributed by atoms with E-state index >= 15 is 0 Å². The van der Waals surface area contributed by atoms with E-state index in [1.54, 1.807) is 6.92 Å². The van der Waals surface area contributed by atoms with E-state index in [-0.39, 0.29) is 0 Å². The molecule has 0 bridgehead atoms. The fourth-order valence-electron chi connectivity index (χ4n) is 0.973. The Balaban J connectivity index is 2.86. The zero-order valence-corrected chi connectivity index (χ0v) is 8.64. The highest BCUT2D eigenvalue weighted by atomic mass is 16.1. The molecule has 0 saturated carbocycles. The van der Waals surface area contributed by atoms with Gasteiger partial charge in [0.05, 0.1) is 5.71 Å². The Bertz CT molecular complexity index is 428. The van der Waals surface area contributed by atoms with Crippen LogP contribution in [0.4, 0.5) is 0 Å². The molecule has 0 unspecified atom stereocenters. The van der Waals surface area contributed by atoms with Crippen LogP contribution in [0.1, 0.15) is 19.4 Å². The third-order valence-corrected chi connectivity index (χ3v) is 1.74. The maximum Gasteiger partial charge on any atom is 0.241 e. The Hall–Kier alpha value is -2.06. The number of aliphatic imine (C=N–C) groups is 1. The first kappa shape index (κ1) is 11.0. The topological polar surface area (TPSA) is 54.1 Å². The summed E-state index contributed by atoms with van der Waals surface area (Å²) < 4.78 is 0. The van der Waals surface area contributed by atoms with Crippen molar-refractivity contribution < 1.29 is 4.79 Å². The summed E-state index contributed by atoms with van der Waals surface area (Å²) in [5.41, 5.74) is 1.76. The molecule has 1 aromatic rings. The van der Waals surface area contributed by atoms with Crippen molar-refractivity contribution in [2.24, 2.45) is 15.2 Å². The number of benzene rings is 1. The van der Waals surface area contributed by atoms with Crippen molar-refractivity contribution in [3.63, 3.8) is 0 Å². The Morgan fingerprint density at radius 1 is 1.13 bits per heavy atom. The summed E-state index contributed by atoms with van der Waals surface area (Å²) in [5.74, 6) is 0.292. The van der Waals surface area contributed by atoms with Crippen LogP contribution < -0.4 is 0 Å². The monoisotopic (exact) mass is 201 g/mol. The standard InChI is InChI=1S/C11H11N3O/c1-9(11-6-4-3-5-7-11)13-14-10(2)12-8-15/h3-7H,1-2H3/b13-9+,14-10+. The largest absolute Gasteiger partial charge is 0.241 e. The van der Waals surface area contributed by atoms with Crippen LogP contribution in [0.15, 0.2) is 45.5 Å². The normalized spacial score (nSPS) is 12.1. The first-order valence-corrected chi connectivity index (χ1v) is 4.46. The fourth-order valence-corrected chi connectivity index (χ4v) is 0.973. The van der Waals surface area contributed by atoms with Crippen LogP contribution in [0.25, 0.3) is 0 Å². The van der Waals surface area contributed by atoms with E-state index in [0.29, 0.717) is 5.84 Å². The van der Waals surface area contributed by atoms with Gasteiger partial charge in [-0.2, -0.15) is 10.1 Å². The SMILES string of the molecule is C/C(N=C=O)=N\N=C(/C)c1ccccc1. The highest BCUT2D eigenvalue weighted by molar-refractivity contribution is 5.99. The molecule has 0 heterocycles. The second-order valence-corrected chi connectivity index (χ2v) is 2.90. The van der Waals surface area contributed by atoms with E-state index in [9.17, 15) is 4.79 Å². The quantitative estimate of drug-likeness (QED) is 0.313. The van der Waals surface area contributed by atoms with Crippen LogP contribution in [0.3, 0.4) is 0 Å². The van der Waals surface area contributed by atoms with Gasteiger partial charge in [-0.15, -0.1) is 5.10 Å². The van der Waals surface area contributed by atoms with Gasteiger partial charge in [-0.1, -0.05) is 30.3 Å². The summed E-state index contributed by atoms with van der Waals surface area (Å²) in [6.45, 7) is 3.43. The summed E-state index contributed by atoms with van der Waals surface area (Å²) in [6, 6.07) is 9.66. The van der Waals surface area contributed by atoms with Crippen molar-refractivity contribution in [1.82, 2.24) is 0 Å². The second-order valence-electron chi connectivity index (χ2n) is 2.90. The summed E-state index contributed by atoms with van der Waals surface area (Å²) in [5, 5.41) is 7.71. The number of carbonyl (C=O) groups excluding carboxylic acids is 1. The molecular weight excluding hydrogens is 190 g/mol. The van der Waals surface area contributed by atoms with Crippen LogP contribution in [0, 0.1) is 0 Å². The molecule has 0 atom stereocenters. The van der Waals surface area contributed by atoms with Crippen molar-refractivity contribution in [3.8, 4) is 0 Å². The van der Waals surface area contributed by atoms with Gasteiger partial charge in [0.15, 0.2) is 5.84 Å². The van der Waals surface area contributed by atoms with Gasteiger partial charge in [0.2, 0.25) is 6.08 Å². The number of amidine groups is 1. The van der Waals surface area contributed by atoms with Gasteiger partial charge >= 0.3 is 0 Å². The molecule has 1 aromatic carbocycles. The van der Waals surface area contributed by atoms with Crippen LogP contribution in [-0.2, 0) is 4.79 Å². The van der Waals surface area contributed by atoms with Gasteiger partial charge in [-0.3, -0.25) is 0 Å². The van der Waals surface area contributed by atoms with Gasteiger partial charge in [0.25, 0.3) is 0 Å². The molecule has 4 nitrogen and oxygen atoms in total. The van der Waals surface area contributed by atoms with Gasteiger partial charge < -0.3 is 0 Å². The van der Waals surface area contributed by atoms with Gasteiger partial charge in [0.1, 0.15) is 0 Å². The van der Waals surface area contributed by atoms with Crippen molar-refractivity contribution in [2.45, 2.75) is 13.8 Å². The predicted molar refractivity (Wildman–Crippen MR) is 59.9 cm³/mol. The Labute approximate surface area is 88.1 Å². The van der Waals surface area contributed by atoms with Gasteiger partial charge in [-0.05, 0) is 19.4 Å². The number of nitrogens with zero attached hydrogens (tertiary/aromatic N) is 3. The molecule has 0 radical (unpaired) electrons. The van der Waals surface area contributed by atoms with Crippen LogP contribution >= 0.6 is 0 Å². The summed E-state index contributed by atoms with van der Waals surface area (Å²) in [4.78, 5) is 13.2. The molecule has 0 N–H and O–H groups in total. The van der Waals surface area contributed by atoms with E-state index in [0.717, 1.165) is 11.3 Å². The maximum atomic E-state index is 9.91. The summed E-state index contributed by atoms with van der Waals surface area (Å²) in [7, 11) is 0. The van der Waals surface area contributed by atoms with Crippen LogP contribution in [0.2, 0.25) is 0 Å². The van der Waals surface area contributed by atoms with Gasteiger partial charge in [-0.25, -0.2) is 4.79 Å². The second kappa shape index (κ2) is 5.62. The molecule has 0 aromatic heterocycles. The molecule has 76 valence electrons. The molecule has 0 aliphatic carbocycles. The van der Waals surface area contributed by atoms with Crippen molar-refractivity contribution in [1.29, 1.82) is 0 Å². The summed E-state index contributed by atoms with van der Waals surface area (Å²) >= 11 is 0. The fraction of sp³-hybridized carbons (Fsp3) is 0.182. The Kier molecular flexibility index (Phi) is 4.13. The average molecular weight is 201 g/mol. The molecule has 0 amide bonds. The van der Waals surface area contributed by atoms with E-state index in [1.807, 2.05) is 37.3 Å². The highest BCUT2D eigenvalue weighted by Crippen LogP contribution is 2.00. The van der Waals surface area contributed by atoms with Crippen molar-refractivity contribution in [3.05, 3.63) is 35.9 Å². The van der Waals surface area contributed by atoms with Crippen LogP contribution in [-0.4, -0.2) is 17.6 Å². The number of isocyanates is 1. The molecule has 1 rings (SSSR count). The third kappa shape index (κ3) is 3.67. The third-order valence-electron chi connectivity index (χ3n) is 1.74. The van der Waals surface area contributed by atoms with E-state index in [2.05, 4.69) is 15.2 Å². The Morgan fingerprint density at radius 2 is 1.80 bits per heavy atom.